The van der Waals surface area contributed by atoms with Crippen molar-refractivity contribution in [3.63, 3.8) is 0 Å². The molecule has 0 fully saturated rings. The number of hydrogen-bond donors (Lipinski definition) is 2. The van der Waals surface area contributed by atoms with Crippen LogP contribution >= 0.6 is 11.9 Å². The molecule has 0 bridgehead atoms. The lowest BCUT2D eigenvalue weighted by Gasteiger charge is -2.19. The summed E-state index contributed by atoms with van der Waals surface area (Å²) in [5.41, 5.74) is -0.465. The lowest BCUT2D eigenvalue weighted by molar-refractivity contribution is 0.0137. The van der Waals surface area contributed by atoms with E-state index in [9.17, 15) is 4.79 Å². The predicted molar refractivity (Wildman–Crippen MR) is 97.4 cm³/mol. The van der Waals surface area contributed by atoms with E-state index in [1.165, 1.54) is 0 Å². The van der Waals surface area contributed by atoms with E-state index in [0.29, 0.717) is 39.6 Å². The summed E-state index contributed by atoms with van der Waals surface area (Å²) >= 11 is 1.62. The first-order valence-electron chi connectivity index (χ1n) is 8.41. The zero-order valence-electron chi connectivity index (χ0n) is 15.5. The fraction of sp³-hybridized carbons (Fsp3) is 0.938. The van der Waals surface area contributed by atoms with Gasteiger partial charge in [-0.15, -0.1) is 0 Å². The van der Waals surface area contributed by atoms with Crippen LogP contribution in [0.1, 0.15) is 33.6 Å². The first kappa shape index (κ1) is 23.5. The Bertz CT molecular complexity index is 301. The van der Waals surface area contributed by atoms with Gasteiger partial charge in [0.25, 0.3) is 0 Å². The van der Waals surface area contributed by atoms with Crippen LogP contribution in [0.25, 0.3) is 0 Å². The van der Waals surface area contributed by atoms with E-state index in [2.05, 4.69) is 10.0 Å². The summed E-state index contributed by atoms with van der Waals surface area (Å²) in [5, 5.41) is 2.69. The second kappa shape index (κ2) is 16.0. The van der Waals surface area contributed by atoms with E-state index in [1.807, 2.05) is 27.0 Å². The van der Waals surface area contributed by atoms with Crippen LogP contribution < -0.4 is 10.0 Å². The molecule has 8 heteroatoms. The Labute approximate surface area is 150 Å². The summed E-state index contributed by atoms with van der Waals surface area (Å²) in [4.78, 5) is 11.4. The normalized spacial score (nSPS) is 11.5. The van der Waals surface area contributed by atoms with Crippen molar-refractivity contribution < 1.29 is 23.7 Å². The number of hydrogen-bond acceptors (Lipinski definition) is 7. The molecule has 144 valence electrons. The van der Waals surface area contributed by atoms with Crippen molar-refractivity contribution in [3.8, 4) is 0 Å². The minimum Gasteiger partial charge on any atom is -0.444 e. The van der Waals surface area contributed by atoms with Gasteiger partial charge in [0.15, 0.2) is 0 Å². The molecule has 0 aromatic heterocycles. The third kappa shape index (κ3) is 19.5. The van der Waals surface area contributed by atoms with Gasteiger partial charge in [-0.2, -0.15) is 0 Å². The molecule has 2 N–H and O–H groups in total. The molecule has 0 aliphatic rings. The van der Waals surface area contributed by atoms with E-state index < -0.39 is 11.7 Å². The molecule has 0 aliphatic heterocycles. The molecule has 0 aliphatic carbocycles. The lowest BCUT2D eigenvalue weighted by atomic mass is 10.2. The summed E-state index contributed by atoms with van der Waals surface area (Å²) in [6.45, 7) is 10.6. The summed E-state index contributed by atoms with van der Waals surface area (Å²) in [6, 6.07) is 0. The second-order valence-electron chi connectivity index (χ2n) is 6.07. The summed E-state index contributed by atoms with van der Waals surface area (Å²) in [5.74, 6) is 0. The molecule has 0 spiro atoms. The Balaban J connectivity index is 3.14. The van der Waals surface area contributed by atoms with E-state index in [1.54, 1.807) is 11.9 Å². The molecular formula is C16H34N2O5S. The van der Waals surface area contributed by atoms with Crippen molar-refractivity contribution in [3.05, 3.63) is 0 Å². The van der Waals surface area contributed by atoms with Crippen LogP contribution in [-0.4, -0.2) is 70.7 Å². The van der Waals surface area contributed by atoms with Crippen LogP contribution in [0.2, 0.25) is 0 Å². The van der Waals surface area contributed by atoms with Crippen molar-refractivity contribution in [1.29, 1.82) is 0 Å². The fourth-order valence-corrected chi connectivity index (χ4v) is 1.92. The topological polar surface area (TPSA) is 78.0 Å². The van der Waals surface area contributed by atoms with Gasteiger partial charge in [-0.1, -0.05) is 11.9 Å². The molecule has 0 radical (unpaired) electrons. The number of ether oxygens (including phenoxy) is 4. The summed E-state index contributed by atoms with van der Waals surface area (Å²) in [7, 11) is 0. The highest BCUT2D eigenvalue weighted by Gasteiger charge is 2.15. The van der Waals surface area contributed by atoms with Crippen LogP contribution in [0.3, 0.4) is 0 Å². The maximum atomic E-state index is 11.4. The van der Waals surface area contributed by atoms with Gasteiger partial charge in [0, 0.05) is 26.3 Å². The molecule has 0 rings (SSSR count). The van der Waals surface area contributed by atoms with E-state index in [0.717, 1.165) is 26.0 Å². The number of carbonyl (C=O) groups is 1. The van der Waals surface area contributed by atoms with Crippen LogP contribution in [0.5, 0.6) is 0 Å². The Hall–Kier alpha value is -0.540. The quantitative estimate of drug-likeness (QED) is 0.340. The van der Waals surface area contributed by atoms with Gasteiger partial charge in [0.05, 0.1) is 26.4 Å². The van der Waals surface area contributed by atoms with Gasteiger partial charge in [0.1, 0.15) is 5.60 Å². The lowest BCUT2D eigenvalue weighted by Crippen LogP contribution is -2.33. The van der Waals surface area contributed by atoms with E-state index in [-0.39, 0.29) is 0 Å². The molecule has 1 amide bonds. The SMILES string of the molecule is CSNCCCOCCOCCOCCCNC(=O)OC(C)(C)C. The Kier molecular flexibility index (Phi) is 15.6. The van der Waals surface area contributed by atoms with E-state index in [4.69, 9.17) is 18.9 Å². The Morgan fingerprint density at radius 2 is 1.38 bits per heavy atom. The van der Waals surface area contributed by atoms with Crippen molar-refractivity contribution in [2.45, 2.75) is 39.2 Å². The number of carbonyl (C=O) groups excluding carboxylic acids is 1. The van der Waals surface area contributed by atoms with Gasteiger partial charge in [-0.3, -0.25) is 4.72 Å². The maximum absolute atomic E-state index is 11.4. The zero-order valence-corrected chi connectivity index (χ0v) is 16.3. The number of alkyl carbamates (subject to hydrolysis) is 1. The highest BCUT2D eigenvalue weighted by atomic mass is 32.2. The molecule has 0 unspecified atom stereocenters. The molecule has 0 saturated heterocycles. The van der Waals surface area contributed by atoms with E-state index >= 15 is 0 Å². The molecule has 7 nitrogen and oxygen atoms in total. The smallest absolute Gasteiger partial charge is 0.407 e. The largest absolute Gasteiger partial charge is 0.444 e. The molecule has 0 atom stereocenters. The average Bonchev–Trinajstić information content (AvgIpc) is 2.49. The maximum Gasteiger partial charge on any atom is 0.407 e. The van der Waals surface area contributed by atoms with Crippen molar-refractivity contribution in [2.24, 2.45) is 0 Å². The monoisotopic (exact) mass is 366 g/mol. The van der Waals surface area contributed by atoms with Crippen molar-refractivity contribution in [2.75, 3.05) is 59.0 Å². The predicted octanol–water partition coefficient (Wildman–Crippen LogP) is 2.21. The van der Waals surface area contributed by atoms with Gasteiger partial charge in [-0.05, 0) is 39.9 Å². The molecule has 0 aromatic rings. The first-order chi connectivity index (χ1) is 11.5. The molecule has 0 saturated carbocycles. The van der Waals surface area contributed by atoms with Gasteiger partial charge < -0.3 is 24.3 Å². The fourth-order valence-electron chi connectivity index (χ4n) is 1.57. The third-order valence-electron chi connectivity index (χ3n) is 2.59. The van der Waals surface area contributed by atoms with Crippen LogP contribution in [-0.2, 0) is 18.9 Å². The number of amides is 1. The number of rotatable bonds is 15. The van der Waals surface area contributed by atoms with Gasteiger partial charge in [0.2, 0.25) is 0 Å². The minimum absolute atomic E-state index is 0.393. The third-order valence-corrected chi connectivity index (χ3v) is 3.08. The van der Waals surface area contributed by atoms with Crippen LogP contribution in [0, 0.1) is 0 Å². The average molecular weight is 367 g/mol. The Morgan fingerprint density at radius 1 is 0.875 bits per heavy atom. The standard InChI is InChI=1S/C16H34N2O5S/c1-16(2,3)23-15(19)17-7-5-9-20-11-13-22-14-12-21-10-6-8-18-24-4/h18H,5-14H2,1-4H3,(H,17,19). The highest BCUT2D eigenvalue weighted by Crippen LogP contribution is 2.06. The zero-order chi connectivity index (χ0) is 18.1. The number of nitrogens with one attached hydrogen (secondary N) is 2. The van der Waals surface area contributed by atoms with Crippen LogP contribution in [0.15, 0.2) is 0 Å². The molecule has 24 heavy (non-hydrogen) atoms. The van der Waals surface area contributed by atoms with Crippen molar-refractivity contribution in [1.82, 2.24) is 10.0 Å². The molecule has 0 heterocycles. The summed E-state index contributed by atoms with van der Waals surface area (Å²) in [6.07, 6.45) is 3.36. The minimum atomic E-state index is -0.465. The molecular weight excluding hydrogens is 332 g/mol. The van der Waals surface area contributed by atoms with Gasteiger partial charge >= 0.3 is 6.09 Å². The summed E-state index contributed by atoms with van der Waals surface area (Å²) < 4.78 is 24.5. The Morgan fingerprint density at radius 3 is 1.88 bits per heavy atom. The second-order valence-corrected chi connectivity index (χ2v) is 6.77. The highest BCUT2D eigenvalue weighted by molar-refractivity contribution is 7.96. The van der Waals surface area contributed by atoms with Gasteiger partial charge in [-0.25, -0.2) is 4.79 Å². The van der Waals surface area contributed by atoms with Crippen LogP contribution in [0.4, 0.5) is 4.79 Å². The van der Waals surface area contributed by atoms with Crippen molar-refractivity contribution >= 4 is 18.0 Å². The molecule has 0 aromatic carbocycles. The first-order valence-corrected chi connectivity index (χ1v) is 9.64.